The third kappa shape index (κ3) is 3.20. The second-order valence-corrected chi connectivity index (χ2v) is 10.3. The van der Waals surface area contributed by atoms with Gasteiger partial charge in [0.1, 0.15) is 0 Å². The normalized spacial score (nSPS) is 21.7. The van der Waals surface area contributed by atoms with Crippen molar-refractivity contribution in [2.24, 2.45) is 0 Å². The maximum absolute atomic E-state index is 2.56. The van der Waals surface area contributed by atoms with Crippen molar-refractivity contribution in [1.29, 1.82) is 0 Å². The van der Waals surface area contributed by atoms with E-state index in [9.17, 15) is 0 Å². The number of allylic oxidation sites excluding steroid dienone is 1. The molecule has 1 aliphatic rings. The standard InChI is InChI=1S/C7H13I2/c1-8-4-7-9-5-2-3-6-9/h2,5H,3-4,6-7H2,1H3/q-1. The summed E-state index contributed by atoms with van der Waals surface area (Å²) in [6.07, 6.45) is 3.81. The molecule has 0 saturated heterocycles. The van der Waals surface area contributed by atoms with Gasteiger partial charge < -0.3 is 0 Å². The first-order chi connectivity index (χ1) is 4.43. The molecule has 0 bridgehead atoms. The van der Waals surface area contributed by atoms with Gasteiger partial charge in [-0.15, -0.1) is 0 Å². The number of hydrogen-bond donors (Lipinski definition) is 0. The summed E-state index contributed by atoms with van der Waals surface area (Å²) in [5, 5.41) is 0. The van der Waals surface area contributed by atoms with E-state index in [1.165, 1.54) is 6.42 Å². The molecule has 56 valence electrons. The van der Waals surface area contributed by atoms with Crippen LogP contribution in [0, 0.1) is 0 Å². The Morgan fingerprint density at radius 1 is 1.67 bits per heavy atom. The molecule has 0 saturated carbocycles. The van der Waals surface area contributed by atoms with Gasteiger partial charge in [-0.25, -0.2) is 0 Å². The fourth-order valence-corrected chi connectivity index (χ4v) is 11.5. The van der Waals surface area contributed by atoms with E-state index in [0.29, 0.717) is 21.2 Å². The van der Waals surface area contributed by atoms with Gasteiger partial charge in [-0.05, 0) is 0 Å². The molecule has 0 aromatic rings. The molecule has 9 heavy (non-hydrogen) atoms. The summed E-state index contributed by atoms with van der Waals surface area (Å²) < 4.78 is 7.37. The Labute approximate surface area is 75.1 Å². The van der Waals surface area contributed by atoms with Crippen molar-refractivity contribution >= 4 is 19.8 Å². The summed E-state index contributed by atoms with van der Waals surface area (Å²) in [5.74, 6) is 0. The molecular formula is C7H13I2-. The first kappa shape index (κ1) is 8.30. The first-order valence-corrected chi connectivity index (χ1v) is 11.1. The number of rotatable bonds is 3. The molecule has 0 N–H and O–H groups in total. The molecule has 1 aliphatic heterocycles. The number of alkyl halides is 4. The Morgan fingerprint density at radius 3 is 3.11 bits per heavy atom. The molecule has 0 aromatic carbocycles. The monoisotopic (exact) mass is 351 g/mol. The van der Waals surface area contributed by atoms with Gasteiger partial charge in [0, 0.05) is 0 Å². The summed E-state index contributed by atoms with van der Waals surface area (Å²) in [6, 6.07) is 0. The molecule has 1 rings (SSSR count). The minimum absolute atomic E-state index is 0.407. The van der Waals surface area contributed by atoms with Crippen LogP contribution in [0.15, 0.2) is 10.2 Å². The van der Waals surface area contributed by atoms with Gasteiger partial charge in [-0.1, -0.05) is 0 Å². The van der Waals surface area contributed by atoms with Crippen LogP contribution in [0.4, 0.5) is 0 Å². The summed E-state index contributed by atoms with van der Waals surface area (Å²) >= 11 is 0.188. The molecule has 0 spiro atoms. The van der Waals surface area contributed by atoms with Crippen molar-refractivity contribution in [3.8, 4) is 0 Å². The molecule has 2 heteroatoms. The summed E-state index contributed by atoms with van der Waals surface area (Å²) in [7, 11) is 0. The molecule has 0 aromatic heterocycles. The van der Waals surface area contributed by atoms with Crippen molar-refractivity contribution in [3.05, 3.63) is 10.2 Å². The fourth-order valence-electron chi connectivity index (χ4n) is 0.776. The summed E-state index contributed by atoms with van der Waals surface area (Å²) in [5.41, 5.74) is 0. The Morgan fingerprint density at radius 2 is 2.56 bits per heavy atom. The molecule has 0 unspecified atom stereocenters. The van der Waals surface area contributed by atoms with E-state index in [4.69, 9.17) is 0 Å². The van der Waals surface area contributed by atoms with Gasteiger partial charge in [0.25, 0.3) is 0 Å². The van der Waals surface area contributed by atoms with Gasteiger partial charge in [-0.3, -0.25) is 0 Å². The second-order valence-electron chi connectivity index (χ2n) is 1.98. The Balaban J connectivity index is 2.05. The molecule has 0 amide bonds. The van der Waals surface area contributed by atoms with Crippen LogP contribution in [0.25, 0.3) is 0 Å². The zero-order valence-electron chi connectivity index (χ0n) is 5.74. The minimum atomic E-state index is -0.407. The van der Waals surface area contributed by atoms with Crippen LogP contribution in [0.2, 0.25) is 0 Å². The number of halogens is 2. The molecule has 0 atom stereocenters. The van der Waals surface area contributed by atoms with E-state index < -0.39 is 19.8 Å². The third-order valence-corrected chi connectivity index (χ3v) is 10.4. The van der Waals surface area contributed by atoms with E-state index in [0.717, 1.165) is 0 Å². The van der Waals surface area contributed by atoms with Gasteiger partial charge in [0.05, 0.1) is 0 Å². The summed E-state index contributed by atoms with van der Waals surface area (Å²) in [6.45, 7) is 0. The average Bonchev–Trinajstić information content (AvgIpc) is 2.34. The quantitative estimate of drug-likeness (QED) is 0.458. The Hall–Kier alpha value is 1.20. The van der Waals surface area contributed by atoms with Gasteiger partial charge in [0.2, 0.25) is 0 Å². The molecule has 0 radical (unpaired) electrons. The van der Waals surface area contributed by atoms with Gasteiger partial charge in [-0.2, -0.15) is 0 Å². The summed E-state index contributed by atoms with van der Waals surface area (Å²) in [4.78, 5) is 2.40. The molecule has 0 nitrogen and oxygen atoms in total. The van der Waals surface area contributed by atoms with E-state index in [2.05, 4.69) is 15.1 Å². The SMILES string of the molecule is C[I-]CCI1C=CCC1. The molecular weight excluding hydrogens is 338 g/mol. The fraction of sp³-hybridized carbons (Fsp3) is 0.714. The van der Waals surface area contributed by atoms with Crippen LogP contribution in [0.1, 0.15) is 6.42 Å². The van der Waals surface area contributed by atoms with Crippen molar-refractivity contribution in [2.75, 3.05) is 18.2 Å². The predicted octanol–water partition coefficient (Wildman–Crippen LogP) is -0.871. The topological polar surface area (TPSA) is 0 Å². The van der Waals surface area contributed by atoms with Crippen LogP contribution in [-0.2, 0) is 0 Å². The zero-order valence-corrected chi connectivity index (χ0v) is 10.1. The van der Waals surface area contributed by atoms with E-state index >= 15 is 0 Å². The Bertz CT molecular complexity index is 99.1. The van der Waals surface area contributed by atoms with Gasteiger partial charge in [0.15, 0.2) is 0 Å². The van der Waals surface area contributed by atoms with E-state index in [-0.39, 0.29) is 0 Å². The van der Waals surface area contributed by atoms with Crippen LogP contribution in [0.3, 0.4) is 0 Å². The van der Waals surface area contributed by atoms with Crippen LogP contribution in [0.5, 0.6) is 0 Å². The molecule has 0 aliphatic carbocycles. The zero-order chi connectivity index (χ0) is 6.53. The van der Waals surface area contributed by atoms with Crippen molar-refractivity contribution in [3.63, 3.8) is 0 Å². The Kier molecular flexibility index (Phi) is 4.55. The third-order valence-electron chi connectivity index (χ3n) is 1.29. The van der Waals surface area contributed by atoms with E-state index in [1.807, 2.05) is 0 Å². The predicted molar refractivity (Wildman–Crippen MR) is 48.3 cm³/mol. The van der Waals surface area contributed by atoms with Crippen molar-refractivity contribution < 1.29 is 21.2 Å². The molecule has 1 heterocycles. The van der Waals surface area contributed by atoms with E-state index in [1.54, 1.807) is 13.3 Å². The van der Waals surface area contributed by atoms with Crippen LogP contribution in [-0.4, -0.2) is 18.2 Å². The van der Waals surface area contributed by atoms with Gasteiger partial charge >= 0.3 is 75.8 Å². The number of hydrogen-bond acceptors (Lipinski definition) is 0. The van der Waals surface area contributed by atoms with Crippen LogP contribution >= 0.6 is 19.8 Å². The van der Waals surface area contributed by atoms with Crippen molar-refractivity contribution in [2.45, 2.75) is 6.42 Å². The van der Waals surface area contributed by atoms with Crippen LogP contribution < -0.4 is 21.2 Å². The molecule has 0 fully saturated rings. The average molecular weight is 351 g/mol. The van der Waals surface area contributed by atoms with Crippen molar-refractivity contribution in [1.82, 2.24) is 0 Å². The second kappa shape index (κ2) is 4.93. The first-order valence-electron chi connectivity index (χ1n) is 3.14. The maximum atomic E-state index is 2.56.